The van der Waals surface area contributed by atoms with Gasteiger partial charge in [0.15, 0.2) is 11.5 Å². The second kappa shape index (κ2) is 7.09. The number of hydrogen-bond donors (Lipinski definition) is 1. The number of amides is 2. The van der Waals surface area contributed by atoms with E-state index in [1.54, 1.807) is 19.1 Å². The third kappa shape index (κ3) is 3.57. The van der Waals surface area contributed by atoms with Gasteiger partial charge >= 0.3 is 6.03 Å². The fourth-order valence-corrected chi connectivity index (χ4v) is 3.09. The van der Waals surface area contributed by atoms with Gasteiger partial charge in [-0.1, -0.05) is 0 Å². The van der Waals surface area contributed by atoms with E-state index in [9.17, 15) is 4.79 Å². The maximum atomic E-state index is 12.6. The molecular formula is C19H24N2O4. The van der Waals surface area contributed by atoms with E-state index in [-0.39, 0.29) is 12.1 Å². The lowest BCUT2D eigenvalue weighted by Gasteiger charge is -2.30. The van der Waals surface area contributed by atoms with Gasteiger partial charge in [0, 0.05) is 13.1 Å². The summed E-state index contributed by atoms with van der Waals surface area (Å²) >= 11 is 0. The van der Waals surface area contributed by atoms with E-state index in [0.717, 1.165) is 29.3 Å². The maximum Gasteiger partial charge on any atom is 0.318 e. The minimum atomic E-state index is -0.173. The van der Waals surface area contributed by atoms with Crippen LogP contribution < -0.4 is 14.8 Å². The van der Waals surface area contributed by atoms with Crippen LogP contribution in [0.5, 0.6) is 11.5 Å². The third-order valence-electron chi connectivity index (χ3n) is 4.53. The molecule has 134 valence electrons. The summed E-state index contributed by atoms with van der Waals surface area (Å²) in [5.41, 5.74) is 2.27. The van der Waals surface area contributed by atoms with Gasteiger partial charge in [-0.2, -0.15) is 0 Å². The molecule has 0 aliphatic carbocycles. The molecule has 2 amide bonds. The number of nitrogens with one attached hydrogen (secondary N) is 1. The van der Waals surface area contributed by atoms with Crippen LogP contribution in [0.3, 0.4) is 0 Å². The molecule has 1 N–H and O–H groups in total. The number of nitrogens with zero attached hydrogens (tertiary/aromatic N) is 1. The van der Waals surface area contributed by atoms with Crippen LogP contribution in [0.1, 0.15) is 35.6 Å². The first kappa shape index (κ1) is 17.2. The van der Waals surface area contributed by atoms with E-state index in [1.165, 1.54) is 5.56 Å². The van der Waals surface area contributed by atoms with Crippen LogP contribution in [0.15, 0.2) is 28.7 Å². The number of urea groups is 1. The van der Waals surface area contributed by atoms with Crippen LogP contribution in [0.4, 0.5) is 4.79 Å². The third-order valence-corrected chi connectivity index (χ3v) is 4.53. The summed E-state index contributed by atoms with van der Waals surface area (Å²) in [6.07, 6.45) is 0.789. The van der Waals surface area contributed by atoms with Crippen molar-refractivity contribution in [3.63, 3.8) is 0 Å². The monoisotopic (exact) mass is 344 g/mol. The van der Waals surface area contributed by atoms with Crippen molar-refractivity contribution < 1.29 is 18.7 Å². The Labute approximate surface area is 147 Å². The van der Waals surface area contributed by atoms with Crippen molar-refractivity contribution in [2.75, 3.05) is 20.8 Å². The molecule has 1 aromatic heterocycles. The Morgan fingerprint density at radius 3 is 2.48 bits per heavy atom. The lowest BCUT2D eigenvalue weighted by molar-refractivity contribution is 0.187. The minimum absolute atomic E-state index is 0.0954. The topological polar surface area (TPSA) is 63.9 Å². The SMILES string of the molecule is COc1cc2c(cc1OC)CN(C(=O)N[C@H](C)c1ccc(C)o1)CC2. The summed E-state index contributed by atoms with van der Waals surface area (Å²) in [5.74, 6) is 3.00. The number of fused-ring (bicyclic) bond motifs is 1. The number of furan rings is 1. The molecule has 0 bridgehead atoms. The van der Waals surface area contributed by atoms with Gasteiger partial charge < -0.3 is 24.1 Å². The molecule has 1 atom stereocenters. The van der Waals surface area contributed by atoms with Gasteiger partial charge in [0.25, 0.3) is 0 Å². The van der Waals surface area contributed by atoms with Gasteiger partial charge in [-0.15, -0.1) is 0 Å². The number of carbonyl (C=O) groups is 1. The molecule has 1 aliphatic heterocycles. The normalized spacial score (nSPS) is 14.6. The highest BCUT2D eigenvalue weighted by atomic mass is 16.5. The van der Waals surface area contributed by atoms with Gasteiger partial charge in [-0.05, 0) is 55.7 Å². The molecule has 0 unspecified atom stereocenters. The minimum Gasteiger partial charge on any atom is -0.493 e. The Bertz CT molecular complexity index is 769. The van der Waals surface area contributed by atoms with Crippen molar-refractivity contribution >= 4 is 6.03 Å². The summed E-state index contributed by atoms with van der Waals surface area (Å²) in [4.78, 5) is 14.4. The van der Waals surface area contributed by atoms with E-state index in [4.69, 9.17) is 13.9 Å². The first-order chi connectivity index (χ1) is 12.0. The van der Waals surface area contributed by atoms with Crippen LogP contribution >= 0.6 is 0 Å². The van der Waals surface area contributed by atoms with Gasteiger partial charge in [-0.25, -0.2) is 4.79 Å². The van der Waals surface area contributed by atoms with Crippen molar-refractivity contribution in [1.29, 1.82) is 0 Å². The summed E-state index contributed by atoms with van der Waals surface area (Å²) in [5, 5.41) is 3.00. The molecule has 0 fully saturated rings. The van der Waals surface area contributed by atoms with E-state index >= 15 is 0 Å². The molecule has 6 nitrogen and oxygen atoms in total. The largest absolute Gasteiger partial charge is 0.493 e. The molecule has 2 heterocycles. The predicted molar refractivity (Wildman–Crippen MR) is 94.1 cm³/mol. The number of ether oxygens (including phenoxy) is 2. The molecule has 3 rings (SSSR count). The lowest BCUT2D eigenvalue weighted by atomic mass is 9.99. The Kier molecular flexibility index (Phi) is 4.88. The molecule has 0 saturated heterocycles. The number of rotatable bonds is 4. The van der Waals surface area contributed by atoms with Crippen molar-refractivity contribution in [3.05, 3.63) is 46.9 Å². The van der Waals surface area contributed by atoms with Gasteiger partial charge in [0.1, 0.15) is 11.5 Å². The molecule has 2 aromatic rings. The molecule has 0 saturated carbocycles. The van der Waals surface area contributed by atoms with Gasteiger partial charge in [0.2, 0.25) is 0 Å². The van der Waals surface area contributed by atoms with Crippen molar-refractivity contribution in [3.8, 4) is 11.5 Å². The highest BCUT2D eigenvalue weighted by Gasteiger charge is 2.24. The number of hydrogen-bond acceptors (Lipinski definition) is 4. The van der Waals surface area contributed by atoms with Gasteiger partial charge in [0.05, 0.1) is 20.3 Å². The van der Waals surface area contributed by atoms with Crippen molar-refractivity contribution in [2.45, 2.75) is 32.9 Å². The number of benzene rings is 1. The molecule has 6 heteroatoms. The highest BCUT2D eigenvalue weighted by Crippen LogP contribution is 2.33. The van der Waals surface area contributed by atoms with Crippen LogP contribution in [0.25, 0.3) is 0 Å². The first-order valence-electron chi connectivity index (χ1n) is 8.37. The fourth-order valence-electron chi connectivity index (χ4n) is 3.09. The van der Waals surface area contributed by atoms with Crippen LogP contribution in [-0.2, 0) is 13.0 Å². The maximum absolute atomic E-state index is 12.6. The zero-order chi connectivity index (χ0) is 18.0. The molecule has 1 aliphatic rings. The van der Waals surface area contributed by atoms with Crippen molar-refractivity contribution in [2.24, 2.45) is 0 Å². The average molecular weight is 344 g/mol. The Morgan fingerprint density at radius 2 is 1.88 bits per heavy atom. The smallest absolute Gasteiger partial charge is 0.318 e. The number of carbonyl (C=O) groups excluding carboxylic acids is 1. The predicted octanol–water partition coefficient (Wildman–Crippen LogP) is 3.43. The van der Waals surface area contributed by atoms with Crippen molar-refractivity contribution in [1.82, 2.24) is 10.2 Å². The summed E-state index contributed by atoms with van der Waals surface area (Å²) in [7, 11) is 3.25. The molecule has 0 radical (unpaired) electrons. The molecule has 0 spiro atoms. The standard InChI is InChI=1S/C19H24N2O4/c1-12-5-6-16(25-12)13(2)20-19(22)21-8-7-14-9-17(23-3)18(24-4)10-15(14)11-21/h5-6,9-10,13H,7-8,11H2,1-4H3,(H,20,22)/t13-/m1/s1. The molecule has 25 heavy (non-hydrogen) atoms. The van der Waals surface area contributed by atoms with Crippen LogP contribution in [0.2, 0.25) is 0 Å². The Hall–Kier alpha value is -2.63. The summed E-state index contributed by atoms with van der Waals surface area (Å²) < 4.78 is 16.3. The Morgan fingerprint density at radius 1 is 1.20 bits per heavy atom. The highest BCUT2D eigenvalue weighted by molar-refractivity contribution is 5.75. The number of aryl methyl sites for hydroxylation is 1. The van der Waals surface area contributed by atoms with Crippen LogP contribution in [0, 0.1) is 6.92 Å². The number of methoxy groups -OCH3 is 2. The zero-order valence-corrected chi connectivity index (χ0v) is 15.1. The zero-order valence-electron chi connectivity index (χ0n) is 15.1. The quantitative estimate of drug-likeness (QED) is 0.923. The summed E-state index contributed by atoms with van der Waals surface area (Å²) in [6.45, 7) is 5.02. The second-order valence-corrected chi connectivity index (χ2v) is 6.27. The average Bonchev–Trinajstić information content (AvgIpc) is 3.06. The first-order valence-corrected chi connectivity index (χ1v) is 8.37. The fraction of sp³-hybridized carbons (Fsp3) is 0.421. The van der Waals surface area contributed by atoms with E-state index in [2.05, 4.69) is 5.32 Å². The summed E-state index contributed by atoms with van der Waals surface area (Å²) in [6, 6.07) is 7.47. The molecular weight excluding hydrogens is 320 g/mol. The lowest BCUT2D eigenvalue weighted by Crippen LogP contribution is -2.43. The Balaban J connectivity index is 1.70. The van der Waals surface area contributed by atoms with Crippen LogP contribution in [-0.4, -0.2) is 31.7 Å². The molecule has 1 aromatic carbocycles. The van der Waals surface area contributed by atoms with Gasteiger partial charge in [-0.3, -0.25) is 0 Å². The van der Waals surface area contributed by atoms with E-state index < -0.39 is 0 Å². The second-order valence-electron chi connectivity index (χ2n) is 6.27. The van der Waals surface area contributed by atoms with E-state index in [1.807, 2.05) is 38.1 Å². The van der Waals surface area contributed by atoms with E-state index in [0.29, 0.717) is 18.8 Å².